The van der Waals surface area contributed by atoms with E-state index in [0.29, 0.717) is 23.7 Å². The molecule has 0 bridgehead atoms. The summed E-state index contributed by atoms with van der Waals surface area (Å²) >= 11 is 0. The summed E-state index contributed by atoms with van der Waals surface area (Å²) in [6.45, 7) is 32.5. The Morgan fingerprint density at radius 3 is 0.415 bits per heavy atom. The summed E-state index contributed by atoms with van der Waals surface area (Å²) in [6, 6.07) is 0. The van der Waals surface area contributed by atoms with Gasteiger partial charge in [0, 0.05) is 21.7 Å². The minimum atomic E-state index is -0.619. The van der Waals surface area contributed by atoms with Crippen LogP contribution in [0.15, 0.2) is 0 Å². The van der Waals surface area contributed by atoms with Crippen LogP contribution in [0, 0.1) is 45.3 Å². The number of carbonyl (C=O) groups is 4. The third-order valence-corrected chi connectivity index (χ3v) is 13.8. The van der Waals surface area contributed by atoms with Gasteiger partial charge in [0.2, 0.25) is 0 Å². The molecule has 0 aromatic carbocycles. The van der Waals surface area contributed by atoms with E-state index in [1.165, 1.54) is 0 Å². The fourth-order valence-corrected chi connectivity index (χ4v) is 9.50. The van der Waals surface area contributed by atoms with Gasteiger partial charge in [-0.25, -0.2) is 0 Å². The molecule has 0 aromatic heterocycles. The second-order valence-corrected chi connectivity index (χ2v) is 14.7. The molecular weight excluding hydrogens is 704 g/mol. The van der Waals surface area contributed by atoms with E-state index in [0.717, 1.165) is 103 Å². The first kappa shape index (κ1) is 60.8. The van der Waals surface area contributed by atoms with E-state index >= 15 is 0 Å². The minimum Gasteiger partial charge on any atom is -0.481 e. The van der Waals surface area contributed by atoms with E-state index in [2.05, 4.69) is 55.4 Å². The fourth-order valence-electron chi connectivity index (χ4n) is 9.50. The molecule has 0 spiro atoms. The number of aliphatic carboxylic acids is 4. The maximum atomic E-state index is 11.2. The Hall–Kier alpha value is -1.41. The van der Waals surface area contributed by atoms with Gasteiger partial charge in [-0.15, -0.1) is 0 Å². The summed E-state index contributed by atoms with van der Waals surface area (Å²) in [4.78, 5) is 45.0. The molecule has 0 atom stereocenters. The Balaban J connectivity index is -0.000000192. The Morgan fingerprint density at radius 1 is 0.302 bits per heavy atom. The maximum absolute atomic E-state index is 11.2. The summed E-state index contributed by atoms with van der Waals surface area (Å²) in [7, 11) is 0. The second-order valence-electron chi connectivity index (χ2n) is 14.7. The van der Waals surface area contributed by atoms with Gasteiger partial charge in [-0.2, -0.15) is 0 Å². The van der Waals surface area contributed by atoms with Crippen molar-refractivity contribution in [3.8, 4) is 0 Å². The van der Waals surface area contributed by atoms with Gasteiger partial charge < -0.3 is 20.4 Å². The van der Waals surface area contributed by atoms with Gasteiger partial charge in [-0.05, 0) is 75.0 Å². The van der Waals surface area contributed by atoms with E-state index < -0.39 is 45.5 Å². The zero-order chi connectivity index (χ0) is 41.9. The first-order chi connectivity index (χ1) is 24.3. The van der Waals surface area contributed by atoms with Crippen molar-refractivity contribution >= 4 is 23.9 Å². The van der Waals surface area contributed by atoms with Crippen molar-refractivity contribution in [2.45, 2.75) is 214 Å². The van der Waals surface area contributed by atoms with Crippen LogP contribution in [0.1, 0.15) is 214 Å². The minimum absolute atomic E-state index is 0. The molecule has 0 aliphatic carbocycles. The molecule has 0 aliphatic heterocycles. The van der Waals surface area contributed by atoms with Gasteiger partial charge >= 0.3 is 23.9 Å². The quantitative estimate of drug-likeness (QED) is 0.0706. The number of carboxylic acid groups (broad SMARTS) is 4. The Morgan fingerprint density at radius 2 is 0.396 bits per heavy atom. The monoisotopic (exact) mass is 793 g/mol. The number of rotatable bonds is 24. The summed E-state index contributed by atoms with van der Waals surface area (Å²) in [6.07, 6.45) is 13.6. The number of carboxylic acids is 4. The van der Waals surface area contributed by atoms with Gasteiger partial charge in [-0.1, -0.05) is 162 Å². The molecular formula is C44H88O8Ti. The van der Waals surface area contributed by atoms with Gasteiger partial charge in [0.15, 0.2) is 0 Å². The zero-order valence-electron chi connectivity index (χ0n) is 37.5. The average Bonchev–Trinajstić information content (AvgIpc) is 3.14. The molecule has 0 heterocycles. The summed E-state index contributed by atoms with van der Waals surface area (Å²) in [5.74, 6) is -1.20. The molecule has 0 aromatic rings. The van der Waals surface area contributed by atoms with Crippen molar-refractivity contribution in [1.82, 2.24) is 0 Å². The third kappa shape index (κ3) is 15.9. The van der Waals surface area contributed by atoms with Crippen molar-refractivity contribution in [1.29, 1.82) is 0 Å². The smallest absolute Gasteiger partial charge is 0.309 e. The van der Waals surface area contributed by atoms with Crippen LogP contribution in [0.3, 0.4) is 0 Å². The molecule has 8 nitrogen and oxygen atoms in total. The van der Waals surface area contributed by atoms with Crippen molar-refractivity contribution < 1.29 is 61.3 Å². The SMILES string of the molecule is CCC(CC)C(CC)(CC)C(=O)O.CCC(CC)C(CC)(CC)C(=O)O.CCC(CC)C(CC)(CC)C(=O)O.CCC(CC)C(CC)(CC)C(=O)O.[Ti]. The summed E-state index contributed by atoms with van der Waals surface area (Å²) < 4.78 is 0. The van der Waals surface area contributed by atoms with Crippen molar-refractivity contribution in [3.63, 3.8) is 0 Å². The van der Waals surface area contributed by atoms with Gasteiger partial charge in [0.05, 0.1) is 21.7 Å². The number of hydrogen-bond donors (Lipinski definition) is 4. The molecule has 0 saturated carbocycles. The van der Waals surface area contributed by atoms with Crippen LogP contribution in [0.5, 0.6) is 0 Å². The molecule has 0 aliphatic rings. The standard InChI is InChI=1S/4C11H22O2.Ti/c4*1-5-9(6-2)11(7-3,8-4)10(12)13;/h4*9H,5-8H2,1-4H3,(H,12,13);. The van der Waals surface area contributed by atoms with Gasteiger partial charge in [-0.3, -0.25) is 19.2 Å². The van der Waals surface area contributed by atoms with E-state index in [-0.39, 0.29) is 21.7 Å². The van der Waals surface area contributed by atoms with Crippen molar-refractivity contribution in [3.05, 3.63) is 0 Å². The Kier molecular flexibility index (Phi) is 36.5. The molecule has 0 saturated heterocycles. The largest absolute Gasteiger partial charge is 0.481 e. The Bertz CT molecular complexity index is 781. The van der Waals surface area contributed by atoms with Gasteiger partial charge in [0.25, 0.3) is 0 Å². The van der Waals surface area contributed by atoms with E-state index in [1.54, 1.807) is 0 Å². The van der Waals surface area contributed by atoms with Crippen LogP contribution < -0.4 is 0 Å². The normalized spacial score (nSPS) is 11.8. The fraction of sp³-hybridized carbons (Fsp3) is 0.909. The molecule has 9 heteroatoms. The molecule has 316 valence electrons. The maximum Gasteiger partial charge on any atom is 0.309 e. The van der Waals surface area contributed by atoms with Crippen molar-refractivity contribution in [2.24, 2.45) is 45.3 Å². The molecule has 0 fully saturated rings. The first-order valence-electron chi connectivity index (χ1n) is 21.3. The first-order valence-corrected chi connectivity index (χ1v) is 21.3. The van der Waals surface area contributed by atoms with Crippen LogP contribution in [0.4, 0.5) is 0 Å². The van der Waals surface area contributed by atoms with Crippen LogP contribution in [-0.2, 0) is 40.9 Å². The molecule has 0 amide bonds. The molecule has 53 heavy (non-hydrogen) atoms. The number of hydrogen-bond acceptors (Lipinski definition) is 4. The molecule has 4 N–H and O–H groups in total. The van der Waals surface area contributed by atoms with Crippen LogP contribution in [-0.4, -0.2) is 44.3 Å². The van der Waals surface area contributed by atoms with Crippen molar-refractivity contribution in [2.75, 3.05) is 0 Å². The van der Waals surface area contributed by atoms with E-state index in [9.17, 15) is 39.6 Å². The third-order valence-electron chi connectivity index (χ3n) is 13.8. The average molecular weight is 793 g/mol. The molecule has 0 rings (SSSR count). The van der Waals surface area contributed by atoms with E-state index in [4.69, 9.17) is 0 Å². The summed E-state index contributed by atoms with van der Waals surface area (Å²) in [5, 5.41) is 37.0. The molecule has 0 radical (unpaired) electrons. The predicted octanol–water partition coefficient (Wildman–Crippen LogP) is 13.3. The van der Waals surface area contributed by atoms with Crippen LogP contribution in [0.2, 0.25) is 0 Å². The summed E-state index contributed by atoms with van der Waals surface area (Å²) in [5.41, 5.74) is -1.93. The predicted molar refractivity (Wildman–Crippen MR) is 219 cm³/mol. The zero-order valence-corrected chi connectivity index (χ0v) is 39.1. The van der Waals surface area contributed by atoms with Crippen LogP contribution >= 0.6 is 0 Å². The Labute approximate surface area is 342 Å². The van der Waals surface area contributed by atoms with Crippen LogP contribution in [0.25, 0.3) is 0 Å². The molecule has 0 unspecified atom stereocenters. The second kappa shape index (κ2) is 31.8. The topological polar surface area (TPSA) is 149 Å². The van der Waals surface area contributed by atoms with E-state index in [1.807, 2.05) is 55.4 Å². The van der Waals surface area contributed by atoms with Gasteiger partial charge in [0.1, 0.15) is 0 Å².